The molecule has 0 saturated carbocycles. The van der Waals surface area contributed by atoms with Crippen molar-refractivity contribution in [3.05, 3.63) is 60.4 Å². The second kappa shape index (κ2) is 7.09. The average Bonchev–Trinajstić information content (AvgIpc) is 3.08. The van der Waals surface area contributed by atoms with Crippen LogP contribution in [0.25, 0.3) is 5.69 Å². The SMILES string of the molecule is COc1ccc(OC)c(S(=O)(=O)Nc2ccc(-n3ccc(C)n3)cc2)c1. The number of ether oxygens (including phenoxy) is 2. The van der Waals surface area contributed by atoms with Crippen molar-refractivity contribution in [2.45, 2.75) is 11.8 Å². The molecule has 0 amide bonds. The topological polar surface area (TPSA) is 82.5 Å². The Balaban J connectivity index is 1.88. The van der Waals surface area contributed by atoms with Crippen molar-refractivity contribution in [1.82, 2.24) is 9.78 Å². The molecule has 1 heterocycles. The molecule has 0 aliphatic carbocycles. The van der Waals surface area contributed by atoms with Crippen molar-refractivity contribution in [3.63, 3.8) is 0 Å². The lowest BCUT2D eigenvalue weighted by atomic mass is 10.3. The minimum atomic E-state index is -3.84. The number of sulfonamides is 1. The van der Waals surface area contributed by atoms with Gasteiger partial charge in [-0.2, -0.15) is 5.10 Å². The highest BCUT2D eigenvalue weighted by Crippen LogP contribution is 2.29. The van der Waals surface area contributed by atoms with Crippen LogP contribution in [0.15, 0.2) is 59.6 Å². The van der Waals surface area contributed by atoms with E-state index >= 15 is 0 Å². The summed E-state index contributed by atoms with van der Waals surface area (Å²) in [5.74, 6) is 0.664. The Morgan fingerprint density at radius 3 is 2.31 bits per heavy atom. The molecule has 0 saturated heterocycles. The Morgan fingerprint density at radius 2 is 1.73 bits per heavy atom. The number of methoxy groups -OCH3 is 2. The third-order valence-corrected chi connectivity index (χ3v) is 5.17. The van der Waals surface area contributed by atoms with Gasteiger partial charge in [0.2, 0.25) is 0 Å². The Labute approximate surface area is 152 Å². The van der Waals surface area contributed by atoms with Gasteiger partial charge < -0.3 is 9.47 Å². The van der Waals surface area contributed by atoms with Gasteiger partial charge in [0.25, 0.3) is 10.0 Å². The highest BCUT2D eigenvalue weighted by Gasteiger charge is 2.20. The molecule has 1 N–H and O–H groups in total. The first kappa shape index (κ1) is 17.8. The monoisotopic (exact) mass is 373 g/mol. The smallest absolute Gasteiger partial charge is 0.265 e. The van der Waals surface area contributed by atoms with Crippen LogP contribution in [0.3, 0.4) is 0 Å². The first-order valence-electron chi connectivity index (χ1n) is 7.80. The zero-order valence-electron chi connectivity index (χ0n) is 14.6. The number of nitrogens with zero attached hydrogens (tertiary/aromatic N) is 2. The predicted molar refractivity (Wildman–Crippen MR) is 98.7 cm³/mol. The normalized spacial score (nSPS) is 11.2. The summed E-state index contributed by atoms with van der Waals surface area (Å²) in [5, 5.41) is 4.32. The molecule has 0 aliphatic heterocycles. The lowest BCUT2D eigenvalue weighted by molar-refractivity contribution is 0.392. The molecule has 7 nitrogen and oxygen atoms in total. The quantitative estimate of drug-likeness (QED) is 0.718. The molecule has 3 rings (SSSR count). The average molecular weight is 373 g/mol. The molecule has 0 atom stereocenters. The van der Waals surface area contributed by atoms with E-state index in [0.717, 1.165) is 11.4 Å². The van der Waals surface area contributed by atoms with Crippen LogP contribution in [0.2, 0.25) is 0 Å². The van der Waals surface area contributed by atoms with E-state index in [1.165, 1.54) is 20.3 Å². The van der Waals surface area contributed by atoms with Crippen molar-refractivity contribution < 1.29 is 17.9 Å². The van der Waals surface area contributed by atoms with Gasteiger partial charge in [0.1, 0.15) is 16.4 Å². The minimum absolute atomic E-state index is 0.00567. The van der Waals surface area contributed by atoms with Crippen molar-refractivity contribution >= 4 is 15.7 Å². The number of hydrogen-bond donors (Lipinski definition) is 1. The Hall–Kier alpha value is -3.00. The number of hydrogen-bond acceptors (Lipinski definition) is 5. The summed E-state index contributed by atoms with van der Waals surface area (Å²) in [6.07, 6.45) is 1.84. The molecule has 8 heteroatoms. The van der Waals surface area contributed by atoms with E-state index in [9.17, 15) is 8.42 Å². The van der Waals surface area contributed by atoms with Gasteiger partial charge in [-0.3, -0.25) is 4.72 Å². The van der Waals surface area contributed by atoms with Gasteiger partial charge in [-0.25, -0.2) is 13.1 Å². The zero-order chi connectivity index (χ0) is 18.7. The van der Waals surface area contributed by atoms with Crippen LogP contribution in [0.5, 0.6) is 11.5 Å². The highest BCUT2D eigenvalue weighted by atomic mass is 32.2. The molecular weight excluding hydrogens is 354 g/mol. The van der Waals surface area contributed by atoms with Gasteiger partial charge in [-0.05, 0) is 49.4 Å². The maximum absolute atomic E-state index is 12.7. The zero-order valence-corrected chi connectivity index (χ0v) is 15.4. The highest BCUT2D eigenvalue weighted by molar-refractivity contribution is 7.92. The van der Waals surface area contributed by atoms with Gasteiger partial charge in [0, 0.05) is 18.0 Å². The fraction of sp³-hybridized carbons (Fsp3) is 0.167. The number of aryl methyl sites for hydroxylation is 1. The summed E-state index contributed by atoms with van der Waals surface area (Å²) in [4.78, 5) is 0.00567. The van der Waals surface area contributed by atoms with E-state index in [2.05, 4.69) is 9.82 Å². The predicted octanol–water partition coefficient (Wildman–Crippen LogP) is 3.00. The number of anilines is 1. The van der Waals surface area contributed by atoms with Gasteiger partial charge in [0.05, 0.1) is 25.6 Å². The summed E-state index contributed by atoms with van der Waals surface area (Å²) >= 11 is 0. The number of aromatic nitrogens is 2. The lowest BCUT2D eigenvalue weighted by Gasteiger charge is -2.13. The van der Waals surface area contributed by atoms with Gasteiger partial charge in [-0.15, -0.1) is 0 Å². The summed E-state index contributed by atoms with van der Waals surface area (Å²) in [6.45, 7) is 1.90. The number of nitrogens with one attached hydrogen (secondary N) is 1. The van der Waals surface area contributed by atoms with Crippen molar-refractivity contribution in [3.8, 4) is 17.2 Å². The van der Waals surface area contributed by atoms with Crippen LogP contribution in [0.1, 0.15) is 5.69 Å². The first-order valence-corrected chi connectivity index (χ1v) is 9.29. The molecule has 0 aliphatic rings. The van der Waals surface area contributed by atoms with E-state index in [1.54, 1.807) is 41.1 Å². The van der Waals surface area contributed by atoms with Crippen LogP contribution < -0.4 is 14.2 Å². The third-order valence-electron chi connectivity index (χ3n) is 3.77. The fourth-order valence-corrected chi connectivity index (χ4v) is 3.69. The fourth-order valence-electron chi connectivity index (χ4n) is 2.45. The van der Waals surface area contributed by atoms with Crippen LogP contribution in [-0.4, -0.2) is 32.4 Å². The number of rotatable bonds is 6. The van der Waals surface area contributed by atoms with Crippen molar-refractivity contribution in [2.24, 2.45) is 0 Å². The van der Waals surface area contributed by atoms with Crippen molar-refractivity contribution in [1.29, 1.82) is 0 Å². The molecule has 136 valence electrons. The molecule has 0 unspecified atom stereocenters. The first-order chi connectivity index (χ1) is 12.4. The molecule has 2 aromatic carbocycles. The summed E-state index contributed by atoms with van der Waals surface area (Å²) < 4.78 is 40.0. The molecule has 0 spiro atoms. The van der Waals surface area contributed by atoms with E-state index in [0.29, 0.717) is 11.4 Å². The molecular formula is C18H19N3O4S. The van der Waals surface area contributed by atoms with E-state index in [-0.39, 0.29) is 10.6 Å². The van der Waals surface area contributed by atoms with E-state index in [4.69, 9.17) is 9.47 Å². The van der Waals surface area contributed by atoms with Crippen LogP contribution in [-0.2, 0) is 10.0 Å². The van der Waals surface area contributed by atoms with Gasteiger partial charge in [-0.1, -0.05) is 0 Å². The second-order valence-corrected chi connectivity index (χ2v) is 7.22. The second-order valence-electron chi connectivity index (χ2n) is 5.57. The molecule has 0 bridgehead atoms. The largest absolute Gasteiger partial charge is 0.497 e. The molecule has 3 aromatic rings. The maximum Gasteiger partial charge on any atom is 0.265 e. The summed E-state index contributed by atoms with van der Waals surface area (Å²) in [7, 11) is -0.948. The van der Waals surface area contributed by atoms with E-state index in [1.807, 2.05) is 19.2 Å². The Bertz CT molecular complexity index is 1010. The molecule has 26 heavy (non-hydrogen) atoms. The van der Waals surface area contributed by atoms with E-state index < -0.39 is 10.0 Å². The Morgan fingerprint density at radius 1 is 1.00 bits per heavy atom. The maximum atomic E-state index is 12.7. The molecule has 1 aromatic heterocycles. The number of benzene rings is 2. The summed E-state index contributed by atoms with van der Waals surface area (Å²) in [5.41, 5.74) is 2.17. The van der Waals surface area contributed by atoms with Crippen LogP contribution >= 0.6 is 0 Å². The standard InChI is InChI=1S/C18H19N3O4S/c1-13-10-11-21(19-13)15-6-4-14(5-7-15)20-26(22,23)18-12-16(24-2)8-9-17(18)25-3/h4-12,20H,1-3H3. The Kier molecular flexibility index (Phi) is 4.85. The van der Waals surface area contributed by atoms with Crippen LogP contribution in [0.4, 0.5) is 5.69 Å². The lowest BCUT2D eigenvalue weighted by Crippen LogP contribution is -2.14. The summed E-state index contributed by atoms with van der Waals surface area (Å²) in [6, 6.07) is 13.4. The van der Waals surface area contributed by atoms with Crippen LogP contribution in [0, 0.1) is 6.92 Å². The molecule has 0 radical (unpaired) electrons. The van der Waals surface area contributed by atoms with Crippen molar-refractivity contribution in [2.75, 3.05) is 18.9 Å². The minimum Gasteiger partial charge on any atom is -0.497 e. The third kappa shape index (κ3) is 3.65. The molecule has 0 fully saturated rings. The van der Waals surface area contributed by atoms with Gasteiger partial charge in [0.15, 0.2) is 0 Å². The van der Waals surface area contributed by atoms with Gasteiger partial charge >= 0.3 is 0 Å².